The molecule has 0 aromatic heterocycles. The largest absolute Gasteiger partial charge is 0.387 e. The molecule has 2 aromatic carbocycles. The smallest absolute Gasteiger partial charge is 0.0340 e. The highest BCUT2D eigenvalue weighted by Gasteiger charge is 2.40. The Balaban J connectivity index is 1.51. The van der Waals surface area contributed by atoms with E-state index in [0.717, 1.165) is 62.0 Å². The van der Waals surface area contributed by atoms with Crippen molar-refractivity contribution in [3.05, 3.63) is 82.6 Å². The van der Waals surface area contributed by atoms with Crippen molar-refractivity contribution in [2.24, 2.45) is 5.92 Å². The van der Waals surface area contributed by atoms with Gasteiger partial charge in [0.15, 0.2) is 0 Å². The van der Waals surface area contributed by atoms with E-state index in [2.05, 4.69) is 90.6 Å². The van der Waals surface area contributed by atoms with Crippen LogP contribution in [0.2, 0.25) is 0 Å². The third-order valence-corrected chi connectivity index (χ3v) is 7.50. The zero-order chi connectivity index (χ0) is 22.7. The van der Waals surface area contributed by atoms with E-state index in [-0.39, 0.29) is 5.41 Å². The highest BCUT2D eigenvalue weighted by molar-refractivity contribution is 5.82. The Morgan fingerprint density at radius 2 is 1.55 bits per heavy atom. The van der Waals surface area contributed by atoms with Gasteiger partial charge in [-0.15, -0.1) is 0 Å². The molecule has 0 amide bonds. The van der Waals surface area contributed by atoms with E-state index in [1.165, 1.54) is 22.3 Å². The second-order valence-electron chi connectivity index (χ2n) is 9.25. The van der Waals surface area contributed by atoms with E-state index in [4.69, 9.17) is 0 Å². The third kappa shape index (κ3) is 4.13. The summed E-state index contributed by atoms with van der Waals surface area (Å²) < 4.78 is 0. The van der Waals surface area contributed by atoms with Crippen LogP contribution < -0.4 is 10.6 Å². The monoisotopic (exact) mass is 432 g/mol. The molecule has 2 aromatic rings. The Morgan fingerprint density at radius 1 is 0.879 bits per heavy atom. The van der Waals surface area contributed by atoms with E-state index in [0.29, 0.717) is 5.92 Å². The minimum Gasteiger partial charge on any atom is -0.387 e. The average molecular weight is 433 g/mol. The summed E-state index contributed by atoms with van der Waals surface area (Å²) in [5.41, 5.74) is 8.93. The maximum absolute atomic E-state index is 3.55. The van der Waals surface area contributed by atoms with Gasteiger partial charge in [0.25, 0.3) is 0 Å². The average Bonchev–Trinajstić information content (AvgIpc) is 3.16. The molecule has 2 heteroatoms. The number of hydrogen-bond donors (Lipinski definition) is 2. The second-order valence-corrected chi connectivity index (χ2v) is 9.25. The van der Waals surface area contributed by atoms with Crippen LogP contribution in [0.25, 0.3) is 11.1 Å². The minimum atomic E-state index is 0.0305. The maximum atomic E-state index is 3.55. The molecular weight excluding hydrogens is 400 g/mol. The van der Waals surface area contributed by atoms with E-state index in [1.54, 1.807) is 0 Å². The van der Waals surface area contributed by atoms with Gasteiger partial charge < -0.3 is 10.6 Å². The predicted molar refractivity (Wildman–Crippen MR) is 138 cm³/mol. The molecule has 166 valence electrons. The summed E-state index contributed by atoms with van der Waals surface area (Å²) in [6.07, 6.45) is 10.6. The van der Waals surface area contributed by atoms with Crippen LogP contribution in [0.5, 0.6) is 0 Å². The van der Waals surface area contributed by atoms with E-state index < -0.39 is 0 Å². The van der Waals surface area contributed by atoms with Gasteiger partial charge >= 0.3 is 0 Å². The van der Waals surface area contributed by atoms with Gasteiger partial charge in [-0.3, -0.25) is 0 Å². The zero-order valence-electron chi connectivity index (χ0n) is 19.7. The highest BCUT2D eigenvalue weighted by Crippen LogP contribution is 2.53. The summed E-state index contributed by atoms with van der Waals surface area (Å²) in [5.74, 6) is 14.3. The van der Waals surface area contributed by atoms with Gasteiger partial charge in [0.05, 0.1) is 0 Å². The molecule has 2 aliphatic heterocycles. The first kappa shape index (κ1) is 21.6. The van der Waals surface area contributed by atoms with Crippen LogP contribution in [-0.2, 0) is 5.41 Å². The number of allylic oxidation sites excluding steroid dienone is 2. The lowest BCUT2D eigenvalue weighted by atomic mass is 9.73. The van der Waals surface area contributed by atoms with Crippen molar-refractivity contribution in [1.82, 2.24) is 10.6 Å². The van der Waals surface area contributed by atoms with Crippen molar-refractivity contribution in [3.63, 3.8) is 0 Å². The molecule has 0 saturated carbocycles. The number of rotatable bonds is 2. The summed E-state index contributed by atoms with van der Waals surface area (Å²) in [7, 11) is 0. The first-order valence-corrected chi connectivity index (χ1v) is 12.4. The van der Waals surface area contributed by atoms with Gasteiger partial charge in [-0.2, -0.15) is 0 Å². The fourth-order valence-electron chi connectivity index (χ4n) is 5.50. The van der Waals surface area contributed by atoms with Crippen molar-refractivity contribution in [2.75, 3.05) is 19.6 Å². The molecule has 0 radical (unpaired) electrons. The molecule has 3 aliphatic rings. The molecule has 0 bridgehead atoms. The molecule has 0 atom stereocenters. The molecule has 33 heavy (non-hydrogen) atoms. The van der Waals surface area contributed by atoms with Gasteiger partial charge in [-0.05, 0) is 104 Å². The molecule has 0 unspecified atom stereocenters. The highest BCUT2D eigenvalue weighted by atomic mass is 14.9. The van der Waals surface area contributed by atoms with Crippen LogP contribution in [0.3, 0.4) is 0 Å². The molecule has 0 spiro atoms. The minimum absolute atomic E-state index is 0.0305. The number of benzene rings is 2. The number of fused-ring (bicyclic) bond motifs is 3. The van der Waals surface area contributed by atoms with Gasteiger partial charge in [0, 0.05) is 34.6 Å². The molecule has 5 rings (SSSR count). The lowest BCUT2D eigenvalue weighted by Crippen LogP contribution is -2.26. The molecule has 2 N–H and O–H groups in total. The van der Waals surface area contributed by atoms with Gasteiger partial charge in [0.2, 0.25) is 0 Å². The second kappa shape index (κ2) is 9.35. The lowest BCUT2D eigenvalue weighted by Gasteiger charge is -2.29. The standard InChI is InChI=1S/C31H32N2/c1-3-31(4-2)29-21-25(7-5-23-13-17-32-18-14-23)9-11-27(29)28-12-10-26(22-30(28)31)8-6-24-15-19-33-20-16-24/h9-14,17,21-22,24,32-33H,3-4,15-16,18-20H2,1-2H3. The Morgan fingerprint density at radius 3 is 2.15 bits per heavy atom. The van der Waals surface area contributed by atoms with Crippen molar-refractivity contribution in [1.29, 1.82) is 0 Å². The van der Waals surface area contributed by atoms with Crippen LogP contribution in [-0.4, -0.2) is 19.6 Å². The Hall–Kier alpha value is -3.20. The Kier molecular flexibility index (Phi) is 6.13. The number of piperidine rings is 1. The Bertz CT molecular complexity index is 1230. The van der Waals surface area contributed by atoms with Gasteiger partial charge in [0.1, 0.15) is 0 Å². The molecule has 2 heterocycles. The fraction of sp³-hybridized carbons (Fsp3) is 0.355. The number of hydrogen-bond acceptors (Lipinski definition) is 2. The normalized spacial score (nSPS) is 18.1. The van der Waals surface area contributed by atoms with Crippen molar-refractivity contribution in [3.8, 4) is 34.8 Å². The molecule has 1 saturated heterocycles. The predicted octanol–water partition coefficient (Wildman–Crippen LogP) is 5.52. The van der Waals surface area contributed by atoms with Crippen molar-refractivity contribution >= 4 is 0 Å². The maximum Gasteiger partial charge on any atom is 0.0340 e. The fourth-order valence-corrected chi connectivity index (χ4v) is 5.50. The van der Waals surface area contributed by atoms with E-state index >= 15 is 0 Å². The van der Waals surface area contributed by atoms with E-state index in [1.807, 2.05) is 12.3 Å². The van der Waals surface area contributed by atoms with Crippen LogP contribution in [0, 0.1) is 29.6 Å². The molecular formula is C31H32N2. The quantitative estimate of drug-likeness (QED) is 0.611. The first-order valence-electron chi connectivity index (χ1n) is 12.4. The topological polar surface area (TPSA) is 24.1 Å². The van der Waals surface area contributed by atoms with Gasteiger partial charge in [-0.1, -0.05) is 49.7 Å². The summed E-state index contributed by atoms with van der Waals surface area (Å²) in [6.45, 7) is 7.65. The van der Waals surface area contributed by atoms with Crippen molar-refractivity contribution < 1.29 is 0 Å². The number of nitrogens with one attached hydrogen (secondary N) is 2. The van der Waals surface area contributed by atoms with E-state index in [9.17, 15) is 0 Å². The molecule has 2 nitrogen and oxygen atoms in total. The van der Waals surface area contributed by atoms with Crippen LogP contribution >= 0.6 is 0 Å². The van der Waals surface area contributed by atoms with Gasteiger partial charge in [-0.25, -0.2) is 0 Å². The summed E-state index contributed by atoms with van der Waals surface area (Å²) in [5, 5.41) is 6.61. The van der Waals surface area contributed by atoms with Crippen LogP contribution in [0.15, 0.2) is 60.3 Å². The zero-order valence-corrected chi connectivity index (χ0v) is 19.7. The Labute approximate surface area is 198 Å². The van der Waals surface area contributed by atoms with Crippen LogP contribution in [0.1, 0.15) is 61.8 Å². The molecule has 1 aliphatic carbocycles. The summed E-state index contributed by atoms with van der Waals surface area (Å²) in [6, 6.07) is 13.7. The van der Waals surface area contributed by atoms with Crippen LogP contribution in [0.4, 0.5) is 0 Å². The number of dihydropyridines is 1. The van der Waals surface area contributed by atoms with Crippen molar-refractivity contribution in [2.45, 2.75) is 44.9 Å². The summed E-state index contributed by atoms with van der Waals surface area (Å²) >= 11 is 0. The SMILES string of the molecule is CCC1(CC)c2cc(C#CC3=CCNC=C3)ccc2-c2ccc(C#CC3CCNCC3)cc21. The lowest BCUT2D eigenvalue weighted by molar-refractivity contribution is 0.447. The molecule has 1 fully saturated rings. The summed E-state index contributed by atoms with van der Waals surface area (Å²) in [4.78, 5) is 0. The third-order valence-electron chi connectivity index (χ3n) is 7.50. The first-order chi connectivity index (χ1) is 16.2.